The SMILES string of the molecule is CC(C)CCCCCCn1c(=S)[nH]c2cc(I)ccc21. The second-order valence-corrected chi connectivity index (χ2v) is 7.47. The van der Waals surface area contributed by atoms with E-state index in [2.05, 4.69) is 64.2 Å². The first-order valence-electron chi connectivity index (χ1n) is 7.46. The second-order valence-electron chi connectivity index (χ2n) is 5.84. The van der Waals surface area contributed by atoms with Crippen molar-refractivity contribution in [2.75, 3.05) is 0 Å². The highest BCUT2D eigenvalue weighted by molar-refractivity contribution is 14.1. The average molecular weight is 402 g/mol. The van der Waals surface area contributed by atoms with Crippen LogP contribution in [0.3, 0.4) is 0 Å². The molecule has 2 nitrogen and oxygen atoms in total. The Morgan fingerprint density at radius 3 is 2.70 bits per heavy atom. The molecule has 0 amide bonds. The lowest BCUT2D eigenvalue weighted by Gasteiger charge is -2.06. The van der Waals surface area contributed by atoms with Gasteiger partial charge in [0, 0.05) is 10.1 Å². The van der Waals surface area contributed by atoms with E-state index in [9.17, 15) is 0 Å². The summed E-state index contributed by atoms with van der Waals surface area (Å²) < 4.78 is 4.33. The number of aromatic amines is 1. The minimum Gasteiger partial charge on any atom is -0.331 e. The van der Waals surface area contributed by atoms with Gasteiger partial charge in [-0.05, 0) is 65.3 Å². The van der Waals surface area contributed by atoms with E-state index in [1.165, 1.54) is 41.2 Å². The first kappa shape index (κ1) is 16.0. The largest absolute Gasteiger partial charge is 0.331 e. The van der Waals surface area contributed by atoms with Gasteiger partial charge in [-0.1, -0.05) is 39.5 Å². The Hall–Kier alpha value is -0.360. The Labute approximate surface area is 140 Å². The van der Waals surface area contributed by atoms with Gasteiger partial charge in [0.2, 0.25) is 0 Å². The quantitative estimate of drug-likeness (QED) is 0.347. The molecule has 2 aromatic rings. The summed E-state index contributed by atoms with van der Waals surface area (Å²) >= 11 is 7.77. The zero-order chi connectivity index (χ0) is 14.5. The lowest BCUT2D eigenvalue weighted by Crippen LogP contribution is -1.98. The van der Waals surface area contributed by atoms with Gasteiger partial charge in [-0.25, -0.2) is 0 Å². The van der Waals surface area contributed by atoms with E-state index >= 15 is 0 Å². The van der Waals surface area contributed by atoms with E-state index in [0.29, 0.717) is 0 Å². The highest BCUT2D eigenvalue weighted by Gasteiger charge is 2.04. The number of fused-ring (bicyclic) bond motifs is 1. The molecule has 1 aromatic carbocycles. The smallest absolute Gasteiger partial charge is 0.178 e. The fourth-order valence-electron chi connectivity index (χ4n) is 2.53. The second kappa shape index (κ2) is 7.59. The van der Waals surface area contributed by atoms with Crippen molar-refractivity contribution in [1.82, 2.24) is 9.55 Å². The molecule has 1 aromatic heterocycles. The molecule has 2 rings (SSSR count). The van der Waals surface area contributed by atoms with Gasteiger partial charge in [-0.2, -0.15) is 0 Å². The van der Waals surface area contributed by atoms with Crippen LogP contribution >= 0.6 is 34.8 Å². The molecule has 0 fully saturated rings. The molecule has 0 aliphatic rings. The van der Waals surface area contributed by atoms with Crippen molar-refractivity contribution >= 4 is 45.8 Å². The standard InChI is InChI=1S/C16H23IN2S/c1-12(2)7-5-3-4-6-10-19-15-9-8-13(17)11-14(15)18-16(19)20/h8-9,11-12H,3-7,10H2,1-2H3,(H,18,20). The molecule has 1 N–H and O–H groups in total. The van der Waals surface area contributed by atoms with E-state index < -0.39 is 0 Å². The van der Waals surface area contributed by atoms with E-state index in [-0.39, 0.29) is 0 Å². The normalized spacial score (nSPS) is 11.6. The van der Waals surface area contributed by atoms with Crippen LogP contribution in [0.25, 0.3) is 11.0 Å². The Balaban J connectivity index is 1.90. The monoisotopic (exact) mass is 402 g/mol. The van der Waals surface area contributed by atoms with E-state index in [1.807, 2.05) is 0 Å². The molecule has 0 saturated heterocycles. The van der Waals surface area contributed by atoms with Crippen LogP contribution in [-0.2, 0) is 6.54 Å². The number of imidazole rings is 1. The molecule has 110 valence electrons. The molecule has 0 spiro atoms. The summed E-state index contributed by atoms with van der Waals surface area (Å²) in [5, 5.41) is 0. The number of benzene rings is 1. The lowest BCUT2D eigenvalue weighted by atomic mass is 10.0. The molecule has 0 bridgehead atoms. The summed E-state index contributed by atoms with van der Waals surface area (Å²) in [6.07, 6.45) is 6.56. The van der Waals surface area contributed by atoms with Gasteiger partial charge in [0.25, 0.3) is 0 Å². The lowest BCUT2D eigenvalue weighted by molar-refractivity contribution is 0.507. The minimum absolute atomic E-state index is 0.833. The van der Waals surface area contributed by atoms with Gasteiger partial charge in [-0.15, -0.1) is 0 Å². The highest BCUT2D eigenvalue weighted by Crippen LogP contribution is 2.18. The van der Waals surface area contributed by atoms with Crippen molar-refractivity contribution in [2.24, 2.45) is 5.92 Å². The molecule has 0 radical (unpaired) electrons. The third kappa shape index (κ3) is 4.32. The van der Waals surface area contributed by atoms with Crippen molar-refractivity contribution in [1.29, 1.82) is 0 Å². The number of nitrogens with zero attached hydrogens (tertiary/aromatic N) is 1. The van der Waals surface area contributed by atoms with Crippen LogP contribution in [0, 0.1) is 14.3 Å². The predicted molar refractivity (Wildman–Crippen MR) is 97.8 cm³/mol. The van der Waals surface area contributed by atoms with Gasteiger partial charge in [0.05, 0.1) is 11.0 Å². The summed E-state index contributed by atoms with van der Waals surface area (Å²) in [5.41, 5.74) is 2.39. The van der Waals surface area contributed by atoms with Crippen molar-refractivity contribution in [2.45, 2.75) is 52.5 Å². The Morgan fingerprint density at radius 1 is 1.20 bits per heavy atom. The van der Waals surface area contributed by atoms with Gasteiger partial charge >= 0.3 is 0 Å². The third-order valence-electron chi connectivity index (χ3n) is 3.65. The molecule has 0 unspecified atom stereocenters. The maximum absolute atomic E-state index is 5.44. The fraction of sp³-hybridized carbons (Fsp3) is 0.562. The summed E-state index contributed by atoms with van der Waals surface area (Å²) in [7, 11) is 0. The molecule has 0 aliphatic carbocycles. The molecule has 0 saturated carbocycles. The van der Waals surface area contributed by atoms with E-state index in [1.54, 1.807) is 0 Å². The summed E-state index contributed by atoms with van der Waals surface area (Å²) in [4.78, 5) is 3.31. The maximum atomic E-state index is 5.44. The first-order chi connectivity index (χ1) is 9.58. The van der Waals surface area contributed by atoms with Gasteiger partial charge in [0.15, 0.2) is 4.77 Å². The topological polar surface area (TPSA) is 20.7 Å². The number of aromatic nitrogens is 2. The van der Waals surface area contributed by atoms with Crippen molar-refractivity contribution in [3.63, 3.8) is 0 Å². The van der Waals surface area contributed by atoms with E-state index in [4.69, 9.17) is 12.2 Å². The zero-order valence-electron chi connectivity index (χ0n) is 12.3. The summed E-state index contributed by atoms with van der Waals surface area (Å²) in [6.45, 7) is 5.63. The number of nitrogens with one attached hydrogen (secondary N) is 1. The van der Waals surface area contributed by atoms with E-state index in [0.717, 1.165) is 22.8 Å². The Morgan fingerprint density at radius 2 is 1.95 bits per heavy atom. The third-order valence-corrected chi connectivity index (χ3v) is 4.64. The zero-order valence-corrected chi connectivity index (χ0v) is 15.3. The summed E-state index contributed by atoms with van der Waals surface area (Å²) in [5.74, 6) is 0.833. The highest BCUT2D eigenvalue weighted by atomic mass is 127. The van der Waals surface area contributed by atoms with Crippen molar-refractivity contribution in [3.05, 3.63) is 26.5 Å². The molecule has 20 heavy (non-hydrogen) atoms. The number of halogens is 1. The maximum Gasteiger partial charge on any atom is 0.178 e. The predicted octanol–water partition coefficient (Wildman–Crippen LogP) is 5.91. The van der Waals surface area contributed by atoms with Crippen LogP contribution in [0.5, 0.6) is 0 Å². The molecule has 0 atom stereocenters. The van der Waals surface area contributed by atoms with Gasteiger partial charge < -0.3 is 9.55 Å². The fourth-order valence-corrected chi connectivity index (χ4v) is 3.32. The molecule has 0 aliphatic heterocycles. The Kier molecular flexibility index (Phi) is 6.08. The Bertz CT molecular complexity index is 612. The van der Waals surface area contributed by atoms with Crippen LogP contribution in [0.4, 0.5) is 0 Å². The van der Waals surface area contributed by atoms with Crippen LogP contribution < -0.4 is 0 Å². The molecule has 1 heterocycles. The summed E-state index contributed by atoms with van der Waals surface area (Å²) in [6, 6.07) is 6.47. The molecular weight excluding hydrogens is 379 g/mol. The van der Waals surface area contributed by atoms with Crippen LogP contribution in [0.15, 0.2) is 18.2 Å². The van der Waals surface area contributed by atoms with Crippen LogP contribution in [0.2, 0.25) is 0 Å². The number of hydrogen-bond donors (Lipinski definition) is 1. The number of hydrogen-bond acceptors (Lipinski definition) is 1. The van der Waals surface area contributed by atoms with Crippen molar-refractivity contribution < 1.29 is 0 Å². The molecular formula is C16H23IN2S. The van der Waals surface area contributed by atoms with Crippen LogP contribution in [-0.4, -0.2) is 9.55 Å². The minimum atomic E-state index is 0.833. The number of unbranched alkanes of at least 4 members (excludes halogenated alkanes) is 3. The van der Waals surface area contributed by atoms with Crippen LogP contribution in [0.1, 0.15) is 46.0 Å². The van der Waals surface area contributed by atoms with Gasteiger partial charge in [-0.3, -0.25) is 0 Å². The number of aryl methyl sites for hydroxylation is 1. The first-order valence-corrected chi connectivity index (χ1v) is 8.94. The van der Waals surface area contributed by atoms with Gasteiger partial charge in [0.1, 0.15) is 0 Å². The average Bonchev–Trinajstić information content (AvgIpc) is 2.68. The van der Waals surface area contributed by atoms with Crippen molar-refractivity contribution in [3.8, 4) is 0 Å². The molecule has 4 heteroatoms. The number of H-pyrrole nitrogens is 1. The number of rotatable bonds is 7.